The zero-order valence-electron chi connectivity index (χ0n) is 19.8. The van der Waals surface area contributed by atoms with Gasteiger partial charge in [0.25, 0.3) is 0 Å². The summed E-state index contributed by atoms with van der Waals surface area (Å²) in [5.41, 5.74) is 2.77. The molecule has 5 rings (SSSR count). The van der Waals surface area contributed by atoms with Gasteiger partial charge in [0.05, 0.1) is 10.5 Å². The van der Waals surface area contributed by atoms with Crippen molar-refractivity contribution in [2.45, 2.75) is 42.8 Å². The standard InChI is InChI=1S/C26H25F3N4O3S/c27-26(28,29)20-6-9-24(30-16-20)31-21-11-13-33(14-12-21)37(35,36)22-7-3-17(4-8-22)19-2-1-18-5-10-25(34)32-23(18)15-19/h1-4,6-9,15-16,21H,5,10-14H2,(H,30,31)(H,32,34). The van der Waals surface area contributed by atoms with E-state index in [9.17, 15) is 26.4 Å². The summed E-state index contributed by atoms with van der Waals surface area (Å²) in [4.78, 5) is 15.7. The summed E-state index contributed by atoms with van der Waals surface area (Å²) in [5.74, 6) is 0.312. The Morgan fingerprint density at radius 3 is 2.30 bits per heavy atom. The van der Waals surface area contributed by atoms with Crippen molar-refractivity contribution in [3.05, 3.63) is 71.9 Å². The molecule has 0 aliphatic carbocycles. The molecule has 2 aliphatic rings. The molecule has 0 unspecified atom stereocenters. The molecular formula is C26H25F3N4O3S. The lowest BCUT2D eigenvalue weighted by atomic mass is 9.98. The molecule has 2 aromatic carbocycles. The zero-order chi connectivity index (χ0) is 26.2. The van der Waals surface area contributed by atoms with Crippen molar-refractivity contribution in [3.63, 3.8) is 0 Å². The largest absolute Gasteiger partial charge is 0.417 e. The fraction of sp³-hybridized carbons (Fsp3) is 0.308. The summed E-state index contributed by atoms with van der Waals surface area (Å²) in [5, 5.41) is 5.98. The van der Waals surface area contributed by atoms with Crippen LogP contribution in [-0.2, 0) is 27.4 Å². The van der Waals surface area contributed by atoms with E-state index in [1.807, 2.05) is 18.2 Å². The highest BCUT2D eigenvalue weighted by Crippen LogP contribution is 2.31. The van der Waals surface area contributed by atoms with E-state index in [-0.39, 0.29) is 29.9 Å². The van der Waals surface area contributed by atoms with Crippen LogP contribution in [0.3, 0.4) is 0 Å². The number of halogens is 3. The number of hydrogen-bond donors (Lipinski definition) is 2. The maximum absolute atomic E-state index is 13.2. The van der Waals surface area contributed by atoms with Gasteiger partial charge in [0.2, 0.25) is 15.9 Å². The fourth-order valence-corrected chi connectivity index (χ4v) is 6.09. The van der Waals surface area contributed by atoms with Gasteiger partial charge in [-0.25, -0.2) is 13.4 Å². The quantitative estimate of drug-likeness (QED) is 0.489. The number of carbonyl (C=O) groups is 1. The van der Waals surface area contributed by atoms with Crippen LogP contribution in [0.25, 0.3) is 11.1 Å². The van der Waals surface area contributed by atoms with E-state index in [0.717, 1.165) is 34.6 Å². The van der Waals surface area contributed by atoms with Crippen LogP contribution in [0.15, 0.2) is 65.7 Å². The number of nitrogens with zero attached hydrogens (tertiary/aromatic N) is 2. The first-order chi connectivity index (χ1) is 17.6. The predicted molar refractivity (Wildman–Crippen MR) is 133 cm³/mol. The van der Waals surface area contributed by atoms with Crippen molar-refractivity contribution in [1.29, 1.82) is 0 Å². The van der Waals surface area contributed by atoms with Crippen LogP contribution in [0.2, 0.25) is 0 Å². The maximum atomic E-state index is 13.2. The molecule has 0 spiro atoms. The van der Waals surface area contributed by atoms with Gasteiger partial charge in [-0.1, -0.05) is 24.3 Å². The van der Waals surface area contributed by atoms with E-state index in [4.69, 9.17) is 0 Å². The van der Waals surface area contributed by atoms with Gasteiger partial charge in [-0.2, -0.15) is 17.5 Å². The number of fused-ring (bicyclic) bond motifs is 1. The Bertz CT molecular complexity index is 1400. The van der Waals surface area contributed by atoms with Crippen LogP contribution >= 0.6 is 0 Å². The fourth-order valence-electron chi connectivity index (χ4n) is 4.62. The Kier molecular flexibility index (Phi) is 6.67. The first-order valence-corrected chi connectivity index (χ1v) is 13.4. The number of piperidine rings is 1. The number of rotatable bonds is 5. The summed E-state index contributed by atoms with van der Waals surface area (Å²) < 4.78 is 66.0. The lowest BCUT2D eigenvalue weighted by molar-refractivity contribution is -0.137. The van der Waals surface area contributed by atoms with E-state index >= 15 is 0 Å². The third-order valence-electron chi connectivity index (χ3n) is 6.73. The second-order valence-corrected chi connectivity index (χ2v) is 11.1. The molecule has 1 fully saturated rings. The lowest BCUT2D eigenvalue weighted by Crippen LogP contribution is -2.42. The zero-order valence-corrected chi connectivity index (χ0v) is 20.6. The highest BCUT2D eigenvalue weighted by molar-refractivity contribution is 7.89. The Balaban J connectivity index is 1.21. The number of sulfonamides is 1. The molecule has 0 atom stereocenters. The van der Waals surface area contributed by atoms with E-state index in [1.165, 1.54) is 10.4 Å². The minimum atomic E-state index is -4.44. The number of aryl methyl sites for hydroxylation is 1. The van der Waals surface area contributed by atoms with Crippen molar-refractivity contribution < 1.29 is 26.4 Å². The van der Waals surface area contributed by atoms with Gasteiger partial charge in [0.15, 0.2) is 0 Å². The Morgan fingerprint density at radius 2 is 1.65 bits per heavy atom. The minimum absolute atomic E-state index is 0.0133. The molecule has 1 amide bonds. The molecule has 1 aromatic heterocycles. The molecular weight excluding hydrogens is 505 g/mol. The second kappa shape index (κ2) is 9.79. The molecule has 3 heterocycles. The van der Waals surface area contributed by atoms with Crippen molar-refractivity contribution in [2.75, 3.05) is 23.7 Å². The van der Waals surface area contributed by atoms with Crippen molar-refractivity contribution >= 4 is 27.4 Å². The molecule has 194 valence electrons. The van der Waals surface area contributed by atoms with Gasteiger partial charge in [0.1, 0.15) is 5.82 Å². The summed E-state index contributed by atoms with van der Waals surface area (Å²) in [6.07, 6.45) is -1.49. The average Bonchev–Trinajstić information content (AvgIpc) is 2.88. The third-order valence-corrected chi connectivity index (χ3v) is 8.64. The first kappa shape index (κ1) is 25.2. The van der Waals surface area contributed by atoms with Crippen LogP contribution in [0, 0.1) is 0 Å². The van der Waals surface area contributed by atoms with Crippen LogP contribution in [-0.4, -0.2) is 42.7 Å². The minimum Gasteiger partial charge on any atom is -0.367 e. The maximum Gasteiger partial charge on any atom is 0.417 e. The Hall–Kier alpha value is -3.44. The number of hydrogen-bond acceptors (Lipinski definition) is 5. The van der Waals surface area contributed by atoms with Gasteiger partial charge in [0, 0.05) is 37.4 Å². The van der Waals surface area contributed by atoms with Gasteiger partial charge in [-0.05, 0) is 66.3 Å². The summed E-state index contributed by atoms with van der Waals surface area (Å²) >= 11 is 0. The highest BCUT2D eigenvalue weighted by atomic mass is 32.2. The monoisotopic (exact) mass is 530 g/mol. The molecule has 1 saturated heterocycles. The molecule has 0 bridgehead atoms. The number of amides is 1. The smallest absolute Gasteiger partial charge is 0.367 e. The Morgan fingerprint density at radius 1 is 0.946 bits per heavy atom. The second-order valence-electron chi connectivity index (χ2n) is 9.20. The van der Waals surface area contributed by atoms with Gasteiger partial charge >= 0.3 is 6.18 Å². The van der Waals surface area contributed by atoms with Crippen LogP contribution < -0.4 is 10.6 Å². The van der Waals surface area contributed by atoms with Gasteiger partial charge in [-0.15, -0.1) is 0 Å². The molecule has 0 radical (unpaired) electrons. The molecule has 11 heteroatoms. The molecule has 2 N–H and O–H groups in total. The SMILES string of the molecule is O=C1CCc2ccc(-c3ccc(S(=O)(=O)N4CCC(Nc5ccc(C(F)(F)F)cn5)CC4)cc3)cc2N1. The van der Waals surface area contributed by atoms with Crippen LogP contribution in [0.1, 0.15) is 30.4 Å². The highest BCUT2D eigenvalue weighted by Gasteiger charge is 2.32. The van der Waals surface area contributed by atoms with Crippen molar-refractivity contribution in [2.24, 2.45) is 0 Å². The molecule has 7 nitrogen and oxygen atoms in total. The normalized spacial score (nSPS) is 17.2. The average molecular weight is 531 g/mol. The summed E-state index contributed by atoms with van der Waals surface area (Å²) in [6, 6.07) is 14.7. The summed E-state index contributed by atoms with van der Waals surface area (Å²) in [7, 11) is -3.69. The lowest BCUT2D eigenvalue weighted by Gasteiger charge is -2.32. The number of pyridine rings is 1. The van der Waals surface area contributed by atoms with Crippen LogP contribution in [0.4, 0.5) is 24.7 Å². The van der Waals surface area contributed by atoms with E-state index in [0.29, 0.717) is 31.5 Å². The molecule has 0 saturated carbocycles. The first-order valence-electron chi connectivity index (χ1n) is 11.9. The number of aromatic nitrogens is 1. The third kappa shape index (κ3) is 5.47. The van der Waals surface area contributed by atoms with Gasteiger partial charge < -0.3 is 10.6 Å². The van der Waals surface area contributed by atoms with E-state index < -0.39 is 21.8 Å². The van der Waals surface area contributed by atoms with Crippen LogP contribution in [0.5, 0.6) is 0 Å². The van der Waals surface area contributed by atoms with E-state index in [2.05, 4.69) is 15.6 Å². The topological polar surface area (TPSA) is 91.4 Å². The number of benzene rings is 2. The summed E-state index contributed by atoms with van der Waals surface area (Å²) in [6.45, 7) is 0.569. The molecule has 3 aromatic rings. The predicted octanol–water partition coefficient (Wildman–Crippen LogP) is 4.92. The van der Waals surface area contributed by atoms with Crippen molar-refractivity contribution in [1.82, 2.24) is 9.29 Å². The number of carbonyl (C=O) groups excluding carboxylic acids is 1. The number of nitrogens with one attached hydrogen (secondary N) is 2. The van der Waals surface area contributed by atoms with E-state index in [1.54, 1.807) is 24.3 Å². The van der Waals surface area contributed by atoms with Crippen molar-refractivity contribution in [3.8, 4) is 11.1 Å². The molecule has 37 heavy (non-hydrogen) atoms. The Labute approximate surface area is 212 Å². The van der Waals surface area contributed by atoms with Gasteiger partial charge in [-0.3, -0.25) is 4.79 Å². The number of alkyl halides is 3. The molecule has 2 aliphatic heterocycles. The number of anilines is 2.